The molecular formula is C35H63NO2. The Hall–Kier alpha value is -1.51. The topological polar surface area (TPSA) is 49.3 Å². The molecule has 2 N–H and O–H groups in total. The van der Waals surface area contributed by atoms with E-state index in [0.717, 1.165) is 13.0 Å². The summed E-state index contributed by atoms with van der Waals surface area (Å²) >= 11 is 0. The van der Waals surface area contributed by atoms with E-state index in [2.05, 4.69) is 12.2 Å². The van der Waals surface area contributed by atoms with Crippen LogP contribution in [-0.4, -0.2) is 17.6 Å². The summed E-state index contributed by atoms with van der Waals surface area (Å²) in [6.45, 7) is 3.03. The number of rotatable bonds is 28. The molecule has 0 aliphatic carbocycles. The van der Waals surface area contributed by atoms with Crippen LogP contribution in [0.5, 0.6) is 5.75 Å². The van der Waals surface area contributed by atoms with E-state index < -0.39 is 0 Å². The number of carbonyl (C=O) groups is 1. The maximum atomic E-state index is 12.0. The van der Waals surface area contributed by atoms with E-state index in [4.69, 9.17) is 0 Å². The molecule has 0 radical (unpaired) electrons. The van der Waals surface area contributed by atoms with Gasteiger partial charge < -0.3 is 10.4 Å². The third-order valence-electron chi connectivity index (χ3n) is 7.95. The van der Waals surface area contributed by atoms with Gasteiger partial charge in [0.05, 0.1) is 0 Å². The maximum absolute atomic E-state index is 12.0. The molecule has 3 heteroatoms. The molecule has 0 aliphatic rings. The summed E-state index contributed by atoms with van der Waals surface area (Å²) in [4.78, 5) is 12.0. The van der Waals surface area contributed by atoms with Crippen LogP contribution >= 0.6 is 0 Å². The molecule has 220 valence electrons. The molecule has 1 aromatic rings. The van der Waals surface area contributed by atoms with Crippen molar-refractivity contribution in [3.63, 3.8) is 0 Å². The van der Waals surface area contributed by atoms with Gasteiger partial charge in [-0.1, -0.05) is 167 Å². The number of aromatic hydroxyl groups is 1. The van der Waals surface area contributed by atoms with Crippen molar-refractivity contribution in [2.75, 3.05) is 6.54 Å². The minimum atomic E-state index is -0.0513. The normalized spacial score (nSPS) is 11.2. The molecule has 1 aromatic carbocycles. The summed E-state index contributed by atoms with van der Waals surface area (Å²) < 4.78 is 0. The maximum Gasteiger partial charge on any atom is 0.251 e. The number of hydrogen-bond donors (Lipinski definition) is 2. The fourth-order valence-electron chi connectivity index (χ4n) is 5.36. The molecule has 0 aliphatic heterocycles. The third-order valence-corrected chi connectivity index (χ3v) is 7.95. The molecule has 1 rings (SSSR count). The number of hydrogen-bond acceptors (Lipinski definition) is 2. The van der Waals surface area contributed by atoms with Crippen LogP contribution in [0.1, 0.15) is 184 Å². The Morgan fingerprint density at radius 3 is 1.11 bits per heavy atom. The quantitative estimate of drug-likeness (QED) is 0.106. The predicted molar refractivity (Wildman–Crippen MR) is 166 cm³/mol. The molecule has 1 amide bonds. The Balaban J connectivity index is 1.68. The monoisotopic (exact) mass is 529 g/mol. The minimum Gasteiger partial charge on any atom is -0.508 e. The Bertz CT molecular complexity index is 627. The molecule has 0 fully saturated rings. The van der Waals surface area contributed by atoms with Gasteiger partial charge in [-0.2, -0.15) is 0 Å². The lowest BCUT2D eigenvalue weighted by Crippen LogP contribution is -2.24. The second kappa shape index (κ2) is 27.1. The highest BCUT2D eigenvalue weighted by atomic mass is 16.3. The minimum absolute atomic E-state index is 0.0513. The van der Waals surface area contributed by atoms with Crippen LogP contribution < -0.4 is 5.32 Å². The van der Waals surface area contributed by atoms with Crippen molar-refractivity contribution >= 4 is 5.91 Å². The van der Waals surface area contributed by atoms with Crippen LogP contribution in [0.15, 0.2) is 24.3 Å². The van der Waals surface area contributed by atoms with E-state index in [-0.39, 0.29) is 11.7 Å². The van der Waals surface area contributed by atoms with Gasteiger partial charge in [0.15, 0.2) is 0 Å². The zero-order valence-corrected chi connectivity index (χ0v) is 25.3. The van der Waals surface area contributed by atoms with Crippen LogP contribution in [0, 0.1) is 0 Å². The van der Waals surface area contributed by atoms with E-state index in [1.807, 2.05) is 0 Å². The number of unbranched alkanes of at least 4 members (excludes halogenated alkanes) is 25. The molecule has 0 saturated carbocycles. The van der Waals surface area contributed by atoms with E-state index in [1.54, 1.807) is 24.3 Å². The summed E-state index contributed by atoms with van der Waals surface area (Å²) in [6, 6.07) is 6.42. The number of nitrogens with one attached hydrogen (secondary N) is 1. The molecule has 38 heavy (non-hydrogen) atoms. The molecular weight excluding hydrogens is 466 g/mol. The number of phenolic OH excluding ortho intramolecular Hbond substituents is 1. The van der Waals surface area contributed by atoms with Gasteiger partial charge in [-0.05, 0) is 30.7 Å². The Labute approximate surface area is 237 Å². The number of benzene rings is 1. The first kappa shape index (κ1) is 34.5. The lowest BCUT2D eigenvalue weighted by Gasteiger charge is -2.06. The molecule has 0 unspecified atom stereocenters. The highest BCUT2D eigenvalue weighted by Gasteiger charge is 2.04. The number of carbonyl (C=O) groups excluding carboxylic acids is 1. The standard InChI is InChI=1S/C35H63NO2/c1-2-3-4-5-6-7-8-9-10-11-12-13-14-15-16-17-18-19-20-21-22-23-24-25-26-27-32-36-35(38)33-28-30-34(37)31-29-33/h28-31,37H,2-27,32H2,1H3,(H,36,38). The largest absolute Gasteiger partial charge is 0.508 e. The average molecular weight is 530 g/mol. The van der Waals surface area contributed by atoms with Crippen molar-refractivity contribution in [2.24, 2.45) is 0 Å². The Morgan fingerprint density at radius 2 is 0.789 bits per heavy atom. The second-order valence-corrected chi connectivity index (χ2v) is 11.6. The first-order valence-electron chi connectivity index (χ1n) is 16.8. The van der Waals surface area contributed by atoms with Gasteiger partial charge in [-0.3, -0.25) is 4.79 Å². The van der Waals surface area contributed by atoms with Crippen LogP contribution in [0.3, 0.4) is 0 Å². The first-order valence-corrected chi connectivity index (χ1v) is 16.8. The molecule has 0 aromatic heterocycles. The predicted octanol–water partition coefficient (Wildman–Crippen LogP) is 11.3. The van der Waals surface area contributed by atoms with Crippen molar-refractivity contribution in [2.45, 2.75) is 174 Å². The highest BCUT2D eigenvalue weighted by Crippen LogP contribution is 2.16. The third kappa shape index (κ3) is 22.5. The number of amides is 1. The van der Waals surface area contributed by atoms with Gasteiger partial charge in [0.2, 0.25) is 0 Å². The van der Waals surface area contributed by atoms with Gasteiger partial charge in [-0.25, -0.2) is 0 Å². The summed E-state index contributed by atoms with van der Waals surface area (Å²) in [7, 11) is 0. The van der Waals surface area contributed by atoms with Crippen molar-refractivity contribution in [1.29, 1.82) is 0 Å². The van der Waals surface area contributed by atoms with Crippen LogP contribution in [0.25, 0.3) is 0 Å². The summed E-state index contributed by atoms with van der Waals surface area (Å²) in [6.07, 6.45) is 36.5. The SMILES string of the molecule is CCCCCCCCCCCCCCCCCCCCCCCCCCCCNC(=O)c1ccc(O)cc1. The molecule has 0 spiro atoms. The lowest BCUT2D eigenvalue weighted by molar-refractivity contribution is 0.0953. The Kier molecular flexibility index (Phi) is 24.6. The van der Waals surface area contributed by atoms with Crippen molar-refractivity contribution in [3.8, 4) is 5.75 Å². The zero-order valence-electron chi connectivity index (χ0n) is 25.3. The molecule has 0 bridgehead atoms. The zero-order chi connectivity index (χ0) is 27.4. The Morgan fingerprint density at radius 1 is 0.500 bits per heavy atom. The van der Waals surface area contributed by atoms with Crippen LogP contribution in [-0.2, 0) is 0 Å². The van der Waals surface area contributed by atoms with Gasteiger partial charge >= 0.3 is 0 Å². The van der Waals surface area contributed by atoms with Gasteiger partial charge in [-0.15, -0.1) is 0 Å². The van der Waals surface area contributed by atoms with E-state index >= 15 is 0 Å². The van der Waals surface area contributed by atoms with Crippen molar-refractivity contribution in [1.82, 2.24) is 5.32 Å². The van der Waals surface area contributed by atoms with Gasteiger partial charge in [0, 0.05) is 12.1 Å². The van der Waals surface area contributed by atoms with Crippen molar-refractivity contribution < 1.29 is 9.90 Å². The summed E-state index contributed by atoms with van der Waals surface area (Å²) in [5, 5.41) is 12.3. The first-order chi connectivity index (χ1) is 18.7. The molecule has 0 saturated heterocycles. The average Bonchev–Trinajstić information content (AvgIpc) is 2.93. The van der Waals surface area contributed by atoms with Gasteiger partial charge in [0.1, 0.15) is 5.75 Å². The summed E-state index contributed by atoms with van der Waals surface area (Å²) in [5.41, 5.74) is 0.609. The van der Waals surface area contributed by atoms with Gasteiger partial charge in [0.25, 0.3) is 5.91 Å². The summed E-state index contributed by atoms with van der Waals surface area (Å²) in [5.74, 6) is 0.140. The fourth-order valence-corrected chi connectivity index (χ4v) is 5.36. The van der Waals surface area contributed by atoms with Crippen LogP contribution in [0.2, 0.25) is 0 Å². The van der Waals surface area contributed by atoms with Crippen LogP contribution in [0.4, 0.5) is 0 Å². The molecule has 0 atom stereocenters. The fraction of sp³-hybridized carbons (Fsp3) is 0.800. The molecule has 0 heterocycles. The van der Waals surface area contributed by atoms with Crippen molar-refractivity contribution in [3.05, 3.63) is 29.8 Å². The van der Waals surface area contributed by atoms with E-state index in [9.17, 15) is 9.90 Å². The number of phenols is 1. The lowest BCUT2D eigenvalue weighted by atomic mass is 10.0. The highest BCUT2D eigenvalue weighted by molar-refractivity contribution is 5.94. The van der Waals surface area contributed by atoms with E-state index in [0.29, 0.717) is 5.56 Å². The molecule has 3 nitrogen and oxygen atoms in total. The second-order valence-electron chi connectivity index (χ2n) is 11.6. The smallest absolute Gasteiger partial charge is 0.251 e. The van der Waals surface area contributed by atoms with E-state index in [1.165, 1.54) is 161 Å².